The number of nitrogens with zero attached hydrogens (tertiary/aromatic N) is 1. The van der Waals surface area contributed by atoms with Crippen LogP contribution in [0.1, 0.15) is 43.0 Å². The van der Waals surface area contributed by atoms with Crippen molar-refractivity contribution in [1.82, 2.24) is 10.2 Å². The van der Waals surface area contributed by atoms with Crippen LogP contribution in [0.15, 0.2) is 18.2 Å². The van der Waals surface area contributed by atoms with Crippen molar-refractivity contribution in [3.63, 3.8) is 0 Å². The molecular weight excluding hydrogens is 327 g/mol. The van der Waals surface area contributed by atoms with Gasteiger partial charge in [0.2, 0.25) is 0 Å². The van der Waals surface area contributed by atoms with Crippen LogP contribution in [-0.4, -0.2) is 41.8 Å². The first kappa shape index (κ1) is 17.4. The summed E-state index contributed by atoms with van der Waals surface area (Å²) < 4.78 is 18.6. The molecule has 0 aromatic heterocycles. The molecule has 2 fully saturated rings. The van der Waals surface area contributed by atoms with Gasteiger partial charge in [0.25, 0.3) is 5.91 Å². The van der Waals surface area contributed by atoms with Gasteiger partial charge < -0.3 is 10.1 Å². The van der Waals surface area contributed by atoms with Crippen molar-refractivity contribution in [1.29, 1.82) is 0 Å². The topological polar surface area (TPSA) is 75.7 Å². The molecule has 1 spiro atoms. The SMILES string of the molecule is COc1ccc(F)cc1C(=O)CN1C(=O)N[C@]2(CCCC[C@H]2C)C1=O. The van der Waals surface area contributed by atoms with E-state index in [0.29, 0.717) is 6.42 Å². The van der Waals surface area contributed by atoms with E-state index in [9.17, 15) is 18.8 Å². The summed E-state index contributed by atoms with van der Waals surface area (Å²) in [5.41, 5.74) is -0.900. The molecule has 134 valence electrons. The Labute approximate surface area is 145 Å². The zero-order valence-corrected chi connectivity index (χ0v) is 14.3. The van der Waals surface area contributed by atoms with Gasteiger partial charge in [0, 0.05) is 0 Å². The molecule has 3 rings (SSSR count). The van der Waals surface area contributed by atoms with Gasteiger partial charge in [0.1, 0.15) is 17.1 Å². The van der Waals surface area contributed by atoms with Crippen molar-refractivity contribution >= 4 is 17.7 Å². The summed E-state index contributed by atoms with van der Waals surface area (Å²) in [6.45, 7) is 1.51. The van der Waals surface area contributed by atoms with E-state index in [-0.39, 0.29) is 23.1 Å². The molecule has 1 saturated heterocycles. The smallest absolute Gasteiger partial charge is 0.325 e. The lowest BCUT2D eigenvalue weighted by Gasteiger charge is -2.36. The number of Topliss-reactive ketones (excluding diaryl/α,β-unsaturated/α-hetero) is 1. The van der Waals surface area contributed by atoms with Crippen LogP contribution in [0.5, 0.6) is 5.75 Å². The monoisotopic (exact) mass is 348 g/mol. The second kappa shape index (κ2) is 6.46. The van der Waals surface area contributed by atoms with Crippen LogP contribution in [0, 0.1) is 11.7 Å². The summed E-state index contributed by atoms with van der Waals surface area (Å²) in [4.78, 5) is 38.7. The summed E-state index contributed by atoms with van der Waals surface area (Å²) in [6, 6.07) is 3.02. The first-order valence-electron chi connectivity index (χ1n) is 8.40. The van der Waals surface area contributed by atoms with Gasteiger partial charge in [0.05, 0.1) is 19.2 Å². The van der Waals surface area contributed by atoms with Crippen LogP contribution < -0.4 is 10.1 Å². The third-order valence-electron chi connectivity index (χ3n) is 5.27. The fourth-order valence-corrected chi connectivity index (χ4v) is 3.77. The molecule has 1 aromatic carbocycles. The number of carbonyl (C=O) groups is 3. The predicted octanol–water partition coefficient (Wildman–Crippen LogP) is 2.52. The maximum absolute atomic E-state index is 13.5. The number of amides is 3. The van der Waals surface area contributed by atoms with Crippen LogP contribution in [0.25, 0.3) is 0 Å². The van der Waals surface area contributed by atoms with Crippen molar-refractivity contribution in [3.05, 3.63) is 29.6 Å². The molecule has 6 nitrogen and oxygen atoms in total. The van der Waals surface area contributed by atoms with Crippen LogP contribution in [0.3, 0.4) is 0 Å². The van der Waals surface area contributed by atoms with E-state index in [0.717, 1.165) is 30.2 Å². The number of ketones is 1. The van der Waals surface area contributed by atoms with Gasteiger partial charge in [0.15, 0.2) is 5.78 Å². The minimum Gasteiger partial charge on any atom is -0.496 e. The molecule has 2 atom stereocenters. The molecule has 1 aliphatic carbocycles. The number of hydrogen-bond donors (Lipinski definition) is 1. The molecule has 0 unspecified atom stereocenters. The number of ether oxygens (including phenoxy) is 1. The molecule has 1 aliphatic heterocycles. The van der Waals surface area contributed by atoms with E-state index >= 15 is 0 Å². The number of benzene rings is 1. The Morgan fingerprint density at radius 1 is 1.40 bits per heavy atom. The standard InChI is InChI=1S/C18H21FN2O4/c1-11-5-3-4-8-18(11)16(23)21(17(24)20-18)10-14(22)13-9-12(19)6-7-15(13)25-2/h6-7,9,11H,3-5,8,10H2,1-2H3,(H,20,24)/t11-,18+/m1/s1. The summed E-state index contributed by atoms with van der Waals surface area (Å²) in [7, 11) is 1.37. The van der Waals surface area contributed by atoms with Gasteiger partial charge in [-0.2, -0.15) is 0 Å². The Kier molecular flexibility index (Phi) is 4.49. The van der Waals surface area contributed by atoms with Gasteiger partial charge in [-0.1, -0.05) is 19.8 Å². The molecule has 1 N–H and O–H groups in total. The molecule has 2 aliphatic rings. The zero-order valence-electron chi connectivity index (χ0n) is 14.3. The highest BCUT2D eigenvalue weighted by atomic mass is 19.1. The highest BCUT2D eigenvalue weighted by molar-refractivity contribution is 6.11. The second-order valence-electron chi connectivity index (χ2n) is 6.71. The minimum absolute atomic E-state index is 0.0146. The largest absolute Gasteiger partial charge is 0.496 e. The molecule has 25 heavy (non-hydrogen) atoms. The maximum Gasteiger partial charge on any atom is 0.325 e. The van der Waals surface area contributed by atoms with E-state index < -0.39 is 29.7 Å². The molecule has 1 saturated carbocycles. The molecule has 1 aromatic rings. The highest BCUT2D eigenvalue weighted by Crippen LogP contribution is 2.38. The normalized spacial score (nSPS) is 26.0. The molecule has 0 bridgehead atoms. The summed E-state index contributed by atoms with van der Waals surface area (Å²) in [5, 5.41) is 2.80. The number of hydrogen-bond acceptors (Lipinski definition) is 4. The Morgan fingerprint density at radius 2 is 2.16 bits per heavy atom. The van der Waals surface area contributed by atoms with Crippen LogP contribution in [0.2, 0.25) is 0 Å². The summed E-state index contributed by atoms with van der Waals surface area (Å²) in [6.07, 6.45) is 3.31. The number of urea groups is 1. The van der Waals surface area contributed by atoms with E-state index in [2.05, 4.69) is 5.32 Å². The Hall–Kier alpha value is -2.44. The first-order chi connectivity index (χ1) is 11.9. The quantitative estimate of drug-likeness (QED) is 0.670. The second-order valence-corrected chi connectivity index (χ2v) is 6.71. The third-order valence-corrected chi connectivity index (χ3v) is 5.27. The summed E-state index contributed by atoms with van der Waals surface area (Å²) >= 11 is 0. The first-order valence-corrected chi connectivity index (χ1v) is 8.40. The molecule has 1 heterocycles. The molecule has 3 amide bonds. The third kappa shape index (κ3) is 2.88. The van der Waals surface area contributed by atoms with Crippen LogP contribution >= 0.6 is 0 Å². The maximum atomic E-state index is 13.5. The number of halogens is 1. The number of carbonyl (C=O) groups excluding carboxylic acids is 3. The number of imide groups is 1. The Bertz CT molecular complexity index is 736. The predicted molar refractivity (Wildman–Crippen MR) is 87.9 cm³/mol. The van der Waals surface area contributed by atoms with Gasteiger partial charge >= 0.3 is 6.03 Å². The van der Waals surface area contributed by atoms with Gasteiger partial charge in [-0.3, -0.25) is 14.5 Å². The average molecular weight is 348 g/mol. The fourth-order valence-electron chi connectivity index (χ4n) is 3.77. The minimum atomic E-state index is -0.915. The van der Waals surface area contributed by atoms with Crippen LogP contribution in [-0.2, 0) is 4.79 Å². The average Bonchev–Trinajstić information content (AvgIpc) is 2.82. The number of rotatable bonds is 4. The van der Waals surface area contributed by atoms with Crippen molar-refractivity contribution in [2.24, 2.45) is 5.92 Å². The van der Waals surface area contributed by atoms with Crippen molar-refractivity contribution in [2.45, 2.75) is 38.1 Å². The summed E-state index contributed by atoms with van der Waals surface area (Å²) in [5.74, 6) is -1.27. The van der Waals surface area contributed by atoms with Gasteiger partial charge in [-0.25, -0.2) is 9.18 Å². The lowest BCUT2D eigenvalue weighted by Crippen LogP contribution is -2.54. The lowest BCUT2D eigenvalue weighted by atomic mass is 9.73. The van der Waals surface area contributed by atoms with E-state index in [1.165, 1.54) is 19.2 Å². The lowest BCUT2D eigenvalue weighted by molar-refractivity contribution is -0.133. The highest BCUT2D eigenvalue weighted by Gasteiger charge is 2.55. The van der Waals surface area contributed by atoms with E-state index in [4.69, 9.17) is 4.74 Å². The van der Waals surface area contributed by atoms with Crippen molar-refractivity contribution < 1.29 is 23.5 Å². The van der Waals surface area contributed by atoms with Crippen LogP contribution in [0.4, 0.5) is 9.18 Å². The van der Waals surface area contributed by atoms with E-state index in [1.807, 2.05) is 6.92 Å². The molecule has 0 radical (unpaired) electrons. The van der Waals surface area contributed by atoms with E-state index in [1.54, 1.807) is 0 Å². The van der Waals surface area contributed by atoms with Crippen molar-refractivity contribution in [3.8, 4) is 5.75 Å². The Morgan fingerprint density at radius 3 is 2.84 bits per heavy atom. The zero-order chi connectivity index (χ0) is 18.2. The number of nitrogens with one attached hydrogen (secondary N) is 1. The fraction of sp³-hybridized carbons (Fsp3) is 0.500. The van der Waals surface area contributed by atoms with Gasteiger partial charge in [-0.05, 0) is 37.0 Å². The Balaban J connectivity index is 1.83. The molecular formula is C18H21FN2O4. The number of methoxy groups -OCH3 is 1. The van der Waals surface area contributed by atoms with Crippen molar-refractivity contribution in [2.75, 3.05) is 13.7 Å². The molecule has 7 heteroatoms. The van der Waals surface area contributed by atoms with Gasteiger partial charge in [-0.15, -0.1) is 0 Å².